The van der Waals surface area contributed by atoms with Gasteiger partial charge < -0.3 is 10.1 Å². The lowest BCUT2D eigenvalue weighted by Crippen LogP contribution is -2.20. The Morgan fingerprint density at radius 2 is 2.07 bits per heavy atom. The topological polar surface area (TPSA) is 110 Å². The maximum absolute atomic E-state index is 12.6. The van der Waals surface area contributed by atoms with E-state index in [1.807, 2.05) is 37.3 Å². The molecular weight excluding hydrogens is 378 g/mol. The van der Waals surface area contributed by atoms with E-state index in [0.29, 0.717) is 10.6 Å². The summed E-state index contributed by atoms with van der Waals surface area (Å²) >= 11 is 1.31. The molecule has 0 atom stereocenters. The molecule has 9 heteroatoms. The Hall–Kier alpha value is -3.51. The van der Waals surface area contributed by atoms with Gasteiger partial charge in [0.25, 0.3) is 5.82 Å². The van der Waals surface area contributed by atoms with E-state index in [1.54, 1.807) is 13.0 Å². The van der Waals surface area contributed by atoms with E-state index < -0.39 is 5.97 Å². The number of thiophene rings is 1. The third kappa shape index (κ3) is 4.07. The van der Waals surface area contributed by atoms with Crippen LogP contribution in [0.25, 0.3) is 11.1 Å². The van der Waals surface area contributed by atoms with Gasteiger partial charge in [-0.1, -0.05) is 30.3 Å². The van der Waals surface area contributed by atoms with Gasteiger partial charge in [-0.05, 0) is 19.4 Å². The lowest BCUT2D eigenvalue weighted by atomic mass is 10.0. The van der Waals surface area contributed by atoms with Gasteiger partial charge in [-0.25, -0.2) is 14.5 Å². The van der Waals surface area contributed by atoms with E-state index in [9.17, 15) is 9.59 Å². The van der Waals surface area contributed by atoms with Crippen molar-refractivity contribution in [2.24, 2.45) is 0 Å². The normalized spacial score (nSPS) is 10.3. The highest BCUT2D eigenvalue weighted by molar-refractivity contribution is 7.17. The Kier molecular flexibility index (Phi) is 5.81. The van der Waals surface area contributed by atoms with E-state index >= 15 is 0 Å². The maximum atomic E-state index is 12.6. The van der Waals surface area contributed by atoms with Crippen LogP contribution in [0, 0.1) is 18.3 Å². The number of aromatic nitrogens is 3. The van der Waals surface area contributed by atoms with Crippen molar-refractivity contribution < 1.29 is 14.3 Å². The molecule has 0 aliphatic rings. The Bertz CT molecular complexity index is 1050. The van der Waals surface area contributed by atoms with Gasteiger partial charge in [0, 0.05) is 10.4 Å². The minimum atomic E-state index is -0.492. The smallest absolute Gasteiger partial charge is 0.341 e. The van der Waals surface area contributed by atoms with Gasteiger partial charge in [0.1, 0.15) is 29.5 Å². The molecule has 0 aliphatic heterocycles. The Morgan fingerprint density at radius 1 is 1.32 bits per heavy atom. The number of hydrogen-bond donors (Lipinski definition) is 1. The highest BCUT2D eigenvalue weighted by Crippen LogP contribution is 2.40. The van der Waals surface area contributed by atoms with Crippen LogP contribution in [0.5, 0.6) is 0 Å². The number of amides is 1. The monoisotopic (exact) mass is 395 g/mol. The quantitative estimate of drug-likeness (QED) is 0.643. The average molecular weight is 395 g/mol. The first-order valence-electron chi connectivity index (χ1n) is 8.48. The summed E-state index contributed by atoms with van der Waals surface area (Å²) in [5, 5.41) is 15.8. The van der Waals surface area contributed by atoms with Gasteiger partial charge in [0.2, 0.25) is 5.91 Å². The SMILES string of the molecule is CCOC(=O)c1c(NC(=O)Cn2cnc(C#N)n2)sc(C)c1-c1ccccc1. The summed E-state index contributed by atoms with van der Waals surface area (Å²) in [6, 6.07) is 11.3. The number of benzene rings is 1. The molecule has 28 heavy (non-hydrogen) atoms. The number of esters is 1. The average Bonchev–Trinajstić information content (AvgIpc) is 3.26. The molecule has 1 N–H and O–H groups in total. The van der Waals surface area contributed by atoms with Crippen LogP contribution in [0.1, 0.15) is 28.0 Å². The second-order valence-corrected chi connectivity index (χ2v) is 6.97. The number of ether oxygens (including phenoxy) is 1. The fraction of sp³-hybridized carbons (Fsp3) is 0.211. The van der Waals surface area contributed by atoms with Crippen LogP contribution in [0.3, 0.4) is 0 Å². The van der Waals surface area contributed by atoms with Crippen LogP contribution >= 0.6 is 11.3 Å². The molecule has 1 amide bonds. The highest BCUT2D eigenvalue weighted by atomic mass is 32.1. The highest BCUT2D eigenvalue weighted by Gasteiger charge is 2.25. The number of anilines is 1. The fourth-order valence-electron chi connectivity index (χ4n) is 2.72. The number of aryl methyl sites for hydroxylation is 1. The fourth-order valence-corrected chi connectivity index (χ4v) is 3.80. The van der Waals surface area contributed by atoms with Crippen molar-refractivity contribution >= 4 is 28.2 Å². The number of nitriles is 1. The first-order valence-corrected chi connectivity index (χ1v) is 9.30. The van der Waals surface area contributed by atoms with Crippen molar-refractivity contribution in [2.75, 3.05) is 11.9 Å². The summed E-state index contributed by atoms with van der Waals surface area (Å²) in [6.07, 6.45) is 1.31. The molecule has 0 bridgehead atoms. The molecular formula is C19H17N5O3S. The predicted octanol–water partition coefficient (Wildman–Crippen LogP) is 3.00. The lowest BCUT2D eigenvalue weighted by molar-refractivity contribution is -0.116. The van der Waals surface area contributed by atoms with Crippen molar-refractivity contribution in [3.8, 4) is 17.2 Å². The number of carbonyl (C=O) groups excluding carboxylic acids is 2. The number of rotatable bonds is 6. The van der Waals surface area contributed by atoms with Crippen molar-refractivity contribution in [3.63, 3.8) is 0 Å². The molecule has 0 unspecified atom stereocenters. The molecule has 8 nitrogen and oxygen atoms in total. The number of nitrogens with one attached hydrogen (secondary N) is 1. The van der Waals surface area contributed by atoms with Crippen molar-refractivity contribution in [1.29, 1.82) is 5.26 Å². The summed E-state index contributed by atoms with van der Waals surface area (Å²) in [4.78, 5) is 29.7. The van der Waals surface area contributed by atoms with Crippen LogP contribution < -0.4 is 5.32 Å². The Morgan fingerprint density at radius 3 is 2.71 bits per heavy atom. The lowest BCUT2D eigenvalue weighted by Gasteiger charge is -2.09. The van der Waals surface area contributed by atoms with Gasteiger partial charge in [-0.15, -0.1) is 16.4 Å². The second-order valence-electron chi connectivity index (χ2n) is 5.75. The van der Waals surface area contributed by atoms with E-state index in [-0.39, 0.29) is 24.9 Å². The van der Waals surface area contributed by atoms with E-state index in [4.69, 9.17) is 10.00 Å². The summed E-state index contributed by atoms with van der Waals surface area (Å²) in [7, 11) is 0. The van der Waals surface area contributed by atoms with E-state index in [1.165, 1.54) is 22.3 Å². The first-order chi connectivity index (χ1) is 13.5. The number of hydrogen-bond acceptors (Lipinski definition) is 7. The van der Waals surface area contributed by atoms with Crippen LogP contribution in [-0.2, 0) is 16.1 Å². The molecule has 2 heterocycles. The minimum absolute atomic E-state index is 0.0154. The first kappa shape index (κ1) is 19.3. The summed E-state index contributed by atoms with van der Waals surface area (Å²) < 4.78 is 6.48. The van der Waals surface area contributed by atoms with Crippen LogP contribution in [-0.4, -0.2) is 33.2 Å². The van der Waals surface area contributed by atoms with Gasteiger partial charge in [-0.3, -0.25) is 4.79 Å². The molecule has 3 aromatic rings. The number of carbonyl (C=O) groups is 2. The third-order valence-corrected chi connectivity index (χ3v) is 4.84. The van der Waals surface area contributed by atoms with Gasteiger partial charge in [0.15, 0.2) is 0 Å². The molecule has 0 saturated carbocycles. The Balaban J connectivity index is 1.92. The van der Waals surface area contributed by atoms with Gasteiger partial charge in [-0.2, -0.15) is 5.26 Å². The minimum Gasteiger partial charge on any atom is -0.462 e. The van der Waals surface area contributed by atoms with Crippen molar-refractivity contribution in [1.82, 2.24) is 14.8 Å². The van der Waals surface area contributed by atoms with Crippen LogP contribution in [0.15, 0.2) is 36.7 Å². The van der Waals surface area contributed by atoms with Gasteiger partial charge in [0.05, 0.1) is 6.61 Å². The van der Waals surface area contributed by atoms with Crippen LogP contribution in [0.4, 0.5) is 5.00 Å². The zero-order chi connectivity index (χ0) is 20.1. The zero-order valence-electron chi connectivity index (χ0n) is 15.3. The molecule has 0 spiro atoms. The van der Waals surface area contributed by atoms with Gasteiger partial charge >= 0.3 is 5.97 Å². The largest absolute Gasteiger partial charge is 0.462 e. The van der Waals surface area contributed by atoms with E-state index in [0.717, 1.165) is 16.0 Å². The molecule has 142 valence electrons. The molecule has 2 aromatic heterocycles. The molecule has 0 aliphatic carbocycles. The second kappa shape index (κ2) is 8.45. The molecule has 0 fully saturated rings. The summed E-state index contributed by atoms with van der Waals surface area (Å²) in [6.45, 7) is 3.72. The maximum Gasteiger partial charge on any atom is 0.341 e. The molecule has 1 aromatic carbocycles. The number of nitrogens with zero attached hydrogens (tertiary/aromatic N) is 4. The zero-order valence-corrected chi connectivity index (χ0v) is 16.1. The van der Waals surface area contributed by atoms with E-state index in [2.05, 4.69) is 15.4 Å². The molecule has 3 rings (SSSR count). The predicted molar refractivity (Wildman–Crippen MR) is 104 cm³/mol. The van der Waals surface area contributed by atoms with Crippen molar-refractivity contribution in [3.05, 3.63) is 52.9 Å². The van der Waals surface area contributed by atoms with Crippen molar-refractivity contribution in [2.45, 2.75) is 20.4 Å². The summed E-state index contributed by atoms with van der Waals surface area (Å²) in [5.74, 6) is -0.896. The summed E-state index contributed by atoms with van der Waals surface area (Å²) in [5.41, 5.74) is 1.95. The standard InChI is InChI=1S/C19H17N5O3S/c1-3-27-19(26)17-16(13-7-5-4-6-8-13)12(2)28-18(17)22-15(25)10-24-11-21-14(9-20)23-24/h4-8,11H,3,10H2,1-2H3,(H,22,25). The molecule has 0 saturated heterocycles. The Labute approximate surface area is 165 Å². The van der Waals surface area contributed by atoms with Crippen LogP contribution in [0.2, 0.25) is 0 Å². The molecule has 0 radical (unpaired) electrons. The third-order valence-electron chi connectivity index (χ3n) is 3.82.